The average Bonchev–Trinajstić information content (AvgIpc) is 2.91. The quantitative estimate of drug-likeness (QED) is 0.639. The lowest BCUT2D eigenvalue weighted by atomic mass is 10.1. The molecule has 0 saturated carbocycles. The van der Waals surface area contributed by atoms with E-state index in [-0.39, 0.29) is 5.91 Å². The zero-order chi connectivity index (χ0) is 16.1. The van der Waals surface area contributed by atoms with E-state index in [1.165, 1.54) is 17.3 Å². The molecule has 23 heavy (non-hydrogen) atoms. The number of amides is 1. The zero-order valence-electron chi connectivity index (χ0n) is 12.8. The molecule has 1 fully saturated rings. The van der Waals surface area contributed by atoms with Crippen LogP contribution in [-0.2, 0) is 11.3 Å². The molecule has 3 rings (SSSR count). The van der Waals surface area contributed by atoms with E-state index in [1.54, 1.807) is 11.1 Å². The van der Waals surface area contributed by atoms with Crippen LogP contribution in [0.2, 0.25) is 0 Å². The summed E-state index contributed by atoms with van der Waals surface area (Å²) in [6, 6.07) is 17.9. The summed E-state index contributed by atoms with van der Waals surface area (Å²) < 4.78 is 0. The van der Waals surface area contributed by atoms with Crippen LogP contribution in [0.3, 0.4) is 0 Å². The maximum Gasteiger partial charge on any atom is 0.239 e. The molecular formula is C18H17N3OS. The second-order valence-electron chi connectivity index (χ2n) is 5.23. The van der Waals surface area contributed by atoms with Gasteiger partial charge in [-0.15, -0.1) is 5.10 Å². The fourth-order valence-electron chi connectivity index (χ4n) is 2.27. The van der Waals surface area contributed by atoms with Crippen LogP contribution in [0.25, 0.3) is 0 Å². The molecule has 0 aromatic heterocycles. The summed E-state index contributed by atoms with van der Waals surface area (Å²) in [4.78, 5) is 13.8. The van der Waals surface area contributed by atoms with Gasteiger partial charge in [0.2, 0.25) is 5.91 Å². The molecule has 116 valence electrons. The number of carbonyl (C=O) groups excluding carboxylic acids is 1. The number of hydrogen-bond donors (Lipinski definition) is 0. The van der Waals surface area contributed by atoms with Crippen LogP contribution in [-0.4, -0.2) is 27.9 Å². The molecule has 0 atom stereocenters. The highest BCUT2D eigenvalue weighted by atomic mass is 32.2. The van der Waals surface area contributed by atoms with E-state index >= 15 is 0 Å². The Balaban J connectivity index is 1.76. The van der Waals surface area contributed by atoms with E-state index in [0.29, 0.717) is 17.5 Å². The molecule has 0 radical (unpaired) electrons. The van der Waals surface area contributed by atoms with Crippen molar-refractivity contribution in [2.45, 2.75) is 13.5 Å². The van der Waals surface area contributed by atoms with E-state index in [9.17, 15) is 4.79 Å². The van der Waals surface area contributed by atoms with Crippen molar-refractivity contribution in [3.63, 3.8) is 0 Å². The van der Waals surface area contributed by atoms with Crippen LogP contribution < -0.4 is 0 Å². The van der Waals surface area contributed by atoms with Gasteiger partial charge in [0.1, 0.15) is 0 Å². The Bertz CT molecular complexity index is 756. The number of thioether (sulfide) groups is 1. The first-order valence-corrected chi connectivity index (χ1v) is 8.36. The van der Waals surface area contributed by atoms with Gasteiger partial charge >= 0.3 is 0 Å². The summed E-state index contributed by atoms with van der Waals surface area (Å²) in [6.45, 7) is 2.59. The third kappa shape index (κ3) is 3.87. The van der Waals surface area contributed by atoms with Gasteiger partial charge in [0.15, 0.2) is 5.17 Å². The normalized spacial score (nSPS) is 16.7. The number of benzene rings is 2. The van der Waals surface area contributed by atoms with Crippen molar-refractivity contribution in [1.82, 2.24) is 4.90 Å². The van der Waals surface area contributed by atoms with Gasteiger partial charge in [-0.25, -0.2) is 0 Å². The first kappa shape index (κ1) is 15.5. The Labute approximate surface area is 139 Å². The first-order chi connectivity index (χ1) is 11.2. The van der Waals surface area contributed by atoms with Crippen molar-refractivity contribution in [3.8, 4) is 0 Å². The SMILES string of the molecule is Cc1ccccc1CN1C(=O)CS/C1=N\N=C\c1ccccc1. The van der Waals surface area contributed by atoms with Crippen molar-refractivity contribution in [2.24, 2.45) is 10.2 Å². The summed E-state index contributed by atoms with van der Waals surface area (Å²) in [6.07, 6.45) is 1.70. The topological polar surface area (TPSA) is 45.0 Å². The Morgan fingerprint density at radius 2 is 1.87 bits per heavy atom. The molecule has 1 heterocycles. The first-order valence-electron chi connectivity index (χ1n) is 7.38. The van der Waals surface area contributed by atoms with Crippen molar-refractivity contribution < 1.29 is 4.79 Å². The van der Waals surface area contributed by atoms with Crippen molar-refractivity contribution in [3.05, 3.63) is 71.3 Å². The van der Waals surface area contributed by atoms with E-state index < -0.39 is 0 Å². The Morgan fingerprint density at radius 3 is 2.65 bits per heavy atom. The van der Waals surface area contributed by atoms with Crippen LogP contribution >= 0.6 is 11.8 Å². The number of hydrogen-bond acceptors (Lipinski definition) is 4. The number of carbonyl (C=O) groups is 1. The van der Waals surface area contributed by atoms with Gasteiger partial charge in [-0.3, -0.25) is 9.69 Å². The molecule has 4 nitrogen and oxygen atoms in total. The third-order valence-electron chi connectivity index (χ3n) is 3.60. The fraction of sp³-hybridized carbons (Fsp3) is 0.167. The van der Waals surface area contributed by atoms with Gasteiger partial charge in [0.05, 0.1) is 18.5 Å². The highest BCUT2D eigenvalue weighted by Crippen LogP contribution is 2.23. The Hall–Kier alpha value is -2.40. The van der Waals surface area contributed by atoms with E-state index in [0.717, 1.165) is 11.1 Å². The summed E-state index contributed by atoms with van der Waals surface area (Å²) >= 11 is 1.43. The fourth-order valence-corrected chi connectivity index (χ4v) is 3.10. The van der Waals surface area contributed by atoms with Crippen LogP contribution in [0.5, 0.6) is 0 Å². The van der Waals surface area contributed by atoms with E-state index in [2.05, 4.69) is 10.2 Å². The van der Waals surface area contributed by atoms with E-state index in [4.69, 9.17) is 0 Å². The summed E-state index contributed by atoms with van der Waals surface area (Å²) in [5.41, 5.74) is 3.28. The summed E-state index contributed by atoms with van der Waals surface area (Å²) in [5, 5.41) is 9.01. The minimum Gasteiger partial charge on any atom is -0.285 e. The maximum absolute atomic E-state index is 12.1. The molecule has 1 aliphatic heterocycles. The molecule has 1 aliphatic rings. The molecule has 1 saturated heterocycles. The molecule has 0 bridgehead atoms. The standard InChI is InChI=1S/C18H17N3OS/c1-14-7-5-6-10-16(14)12-21-17(22)13-23-18(21)20-19-11-15-8-3-2-4-9-15/h2-11H,12-13H2,1H3/b19-11+,20-18-. The highest BCUT2D eigenvalue weighted by molar-refractivity contribution is 8.15. The lowest BCUT2D eigenvalue weighted by Gasteiger charge is -2.16. The maximum atomic E-state index is 12.1. The second kappa shape index (κ2) is 7.24. The Kier molecular flexibility index (Phi) is 4.88. The van der Waals surface area contributed by atoms with Crippen molar-refractivity contribution in [2.75, 3.05) is 5.75 Å². The zero-order valence-corrected chi connectivity index (χ0v) is 13.7. The molecule has 0 N–H and O–H groups in total. The molecule has 1 amide bonds. The summed E-state index contributed by atoms with van der Waals surface area (Å²) in [5.74, 6) is 0.498. The minimum absolute atomic E-state index is 0.0758. The van der Waals surface area contributed by atoms with Crippen LogP contribution in [0.15, 0.2) is 64.8 Å². The molecule has 0 aliphatic carbocycles. The molecule has 0 unspecified atom stereocenters. The predicted molar refractivity (Wildman–Crippen MR) is 95.7 cm³/mol. The predicted octanol–water partition coefficient (Wildman–Crippen LogP) is 3.46. The highest BCUT2D eigenvalue weighted by Gasteiger charge is 2.28. The molecular weight excluding hydrogens is 306 g/mol. The Morgan fingerprint density at radius 1 is 1.13 bits per heavy atom. The lowest BCUT2D eigenvalue weighted by Crippen LogP contribution is -2.29. The van der Waals surface area contributed by atoms with Crippen molar-refractivity contribution >= 4 is 29.1 Å². The molecule has 0 spiro atoms. The number of rotatable bonds is 4. The van der Waals surface area contributed by atoms with Gasteiger partial charge in [-0.1, -0.05) is 66.4 Å². The van der Waals surface area contributed by atoms with Gasteiger partial charge in [0, 0.05) is 0 Å². The largest absolute Gasteiger partial charge is 0.285 e. The average molecular weight is 323 g/mol. The van der Waals surface area contributed by atoms with Gasteiger partial charge in [-0.05, 0) is 23.6 Å². The van der Waals surface area contributed by atoms with Gasteiger partial charge in [-0.2, -0.15) is 5.10 Å². The van der Waals surface area contributed by atoms with Gasteiger partial charge < -0.3 is 0 Å². The van der Waals surface area contributed by atoms with E-state index in [1.807, 2.05) is 61.5 Å². The van der Waals surface area contributed by atoms with Crippen LogP contribution in [0.1, 0.15) is 16.7 Å². The molecule has 2 aromatic carbocycles. The van der Waals surface area contributed by atoms with Gasteiger partial charge in [0.25, 0.3) is 0 Å². The number of aryl methyl sites for hydroxylation is 1. The van der Waals surface area contributed by atoms with Crippen LogP contribution in [0, 0.1) is 6.92 Å². The second-order valence-corrected chi connectivity index (χ2v) is 6.18. The van der Waals surface area contributed by atoms with Crippen molar-refractivity contribution in [1.29, 1.82) is 0 Å². The smallest absolute Gasteiger partial charge is 0.239 e. The molecule has 5 heteroatoms. The van der Waals surface area contributed by atoms with Crippen LogP contribution in [0.4, 0.5) is 0 Å². The lowest BCUT2D eigenvalue weighted by molar-refractivity contribution is -0.124. The number of amidine groups is 1. The minimum atomic E-state index is 0.0758. The number of nitrogens with zero attached hydrogens (tertiary/aromatic N) is 3. The molecule has 2 aromatic rings. The monoisotopic (exact) mass is 323 g/mol. The summed E-state index contributed by atoms with van der Waals surface area (Å²) in [7, 11) is 0. The third-order valence-corrected chi connectivity index (χ3v) is 4.55.